The van der Waals surface area contributed by atoms with Gasteiger partial charge in [0.15, 0.2) is 0 Å². The van der Waals surface area contributed by atoms with Gasteiger partial charge in [-0.05, 0) is 58.5 Å². The van der Waals surface area contributed by atoms with Crippen LogP contribution in [0.15, 0.2) is 48.5 Å². The summed E-state index contributed by atoms with van der Waals surface area (Å²) in [5.74, 6) is -0.351. The highest BCUT2D eigenvalue weighted by atomic mass is 127. The molecule has 0 atom stereocenters. The predicted octanol–water partition coefficient (Wildman–Crippen LogP) is 3.70. The summed E-state index contributed by atoms with van der Waals surface area (Å²) in [5.41, 5.74) is 1.42. The van der Waals surface area contributed by atoms with E-state index in [1.807, 2.05) is 24.3 Å². The summed E-state index contributed by atoms with van der Waals surface area (Å²) in [5, 5.41) is 0. The standard InChI is InChI=1S/C15H13FINO/c1-18(10-11-4-2-6-13(16)8-11)15(19)12-5-3-7-14(17)9-12/h2-9H,10H2,1H3. The van der Waals surface area contributed by atoms with Crippen molar-refractivity contribution in [1.29, 1.82) is 0 Å². The minimum absolute atomic E-state index is 0.0669. The largest absolute Gasteiger partial charge is 0.337 e. The molecule has 1 amide bonds. The van der Waals surface area contributed by atoms with Crippen LogP contribution in [0.2, 0.25) is 0 Å². The summed E-state index contributed by atoms with van der Waals surface area (Å²) in [6.45, 7) is 0.391. The summed E-state index contributed by atoms with van der Waals surface area (Å²) in [6.07, 6.45) is 0. The van der Waals surface area contributed by atoms with Gasteiger partial charge in [-0.1, -0.05) is 18.2 Å². The second-order valence-corrected chi connectivity index (χ2v) is 5.55. The van der Waals surface area contributed by atoms with Gasteiger partial charge in [-0.15, -0.1) is 0 Å². The van der Waals surface area contributed by atoms with E-state index in [0.717, 1.165) is 9.13 Å². The third kappa shape index (κ3) is 3.76. The van der Waals surface area contributed by atoms with Gasteiger partial charge in [0.25, 0.3) is 5.91 Å². The Hall–Kier alpha value is -1.43. The highest BCUT2D eigenvalue weighted by Gasteiger charge is 2.12. The Kier molecular flexibility index (Phi) is 4.52. The van der Waals surface area contributed by atoms with E-state index in [4.69, 9.17) is 0 Å². The number of halogens is 2. The maximum Gasteiger partial charge on any atom is 0.253 e. The van der Waals surface area contributed by atoms with Gasteiger partial charge in [-0.2, -0.15) is 0 Å². The van der Waals surface area contributed by atoms with Gasteiger partial charge < -0.3 is 4.90 Å². The molecule has 98 valence electrons. The van der Waals surface area contributed by atoms with E-state index in [1.54, 1.807) is 24.1 Å². The van der Waals surface area contributed by atoms with Crippen LogP contribution in [0.5, 0.6) is 0 Å². The zero-order chi connectivity index (χ0) is 13.8. The number of carbonyl (C=O) groups is 1. The van der Waals surface area contributed by atoms with Crippen molar-refractivity contribution in [2.75, 3.05) is 7.05 Å². The van der Waals surface area contributed by atoms with E-state index >= 15 is 0 Å². The molecule has 0 fully saturated rings. The van der Waals surface area contributed by atoms with E-state index in [-0.39, 0.29) is 11.7 Å². The number of rotatable bonds is 3. The number of benzene rings is 2. The minimum atomic E-state index is -0.285. The molecule has 2 aromatic rings. The molecule has 2 nitrogen and oxygen atoms in total. The van der Waals surface area contributed by atoms with E-state index in [0.29, 0.717) is 12.1 Å². The molecule has 0 radical (unpaired) electrons. The van der Waals surface area contributed by atoms with Crippen LogP contribution < -0.4 is 0 Å². The van der Waals surface area contributed by atoms with Gasteiger partial charge in [0.1, 0.15) is 5.82 Å². The van der Waals surface area contributed by atoms with Crippen LogP contribution >= 0.6 is 22.6 Å². The van der Waals surface area contributed by atoms with Gasteiger partial charge in [0.05, 0.1) is 0 Å². The molecule has 0 aliphatic heterocycles. The molecule has 0 saturated heterocycles. The molecule has 0 aromatic heterocycles. The highest BCUT2D eigenvalue weighted by molar-refractivity contribution is 14.1. The second kappa shape index (κ2) is 6.14. The fraction of sp³-hybridized carbons (Fsp3) is 0.133. The fourth-order valence-corrected chi connectivity index (χ4v) is 2.37. The summed E-state index contributed by atoms with van der Waals surface area (Å²) >= 11 is 2.17. The summed E-state index contributed by atoms with van der Waals surface area (Å²) in [6, 6.07) is 13.7. The van der Waals surface area contributed by atoms with E-state index in [2.05, 4.69) is 22.6 Å². The van der Waals surface area contributed by atoms with Crippen LogP contribution in [0.1, 0.15) is 15.9 Å². The number of carbonyl (C=O) groups excluding carboxylic acids is 1. The van der Waals surface area contributed by atoms with Crippen molar-refractivity contribution in [2.45, 2.75) is 6.54 Å². The highest BCUT2D eigenvalue weighted by Crippen LogP contribution is 2.12. The number of amides is 1. The van der Waals surface area contributed by atoms with Crippen LogP contribution in [0, 0.1) is 9.39 Å². The Bertz CT molecular complexity index is 600. The maximum absolute atomic E-state index is 13.1. The monoisotopic (exact) mass is 369 g/mol. The molecule has 0 heterocycles. The van der Waals surface area contributed by atoms with Gasteiger partial charge >= 0.3 is 0 Å². The van der Waals surface area contributed by atoms with Crippen molar-refractivity contribution >= 4 is 28.5 Å². The van der Waals surface area contributed by atoms with Crippen molar-refractivity contribution in [3.05, 3.63) is 69.0 Å². The van der Waals surface area contributed by atoms with Crippen LogP contribution in [0.4, 0.5) is 4.39 Å². The molecule has 0 saturated carbocycles. The molecule has 0 unspecified atom stereocenters. The average Bonchev–Trinajstić information content (AvgIpc) is 2.38. The SMILES string of the molecule is CN(Cc1cccc(F)c1)C(=O)c1cccc(I)c1. The van der Waals surface area contributed by atoms with Crippen molar-refractivity contribution in [2.24, 2.45) is 0 Å². The lowest BCUT2D eigenvalue weighted by Gasteiger charge is -2.17. The topological polar surface area (TPSA) is 20.3 Å². The quantitative estimate of drug-likeness (QED) is 0.756. The Morgan fingerprint density at radius 1 is 1.21 bits per heavy atom. The van der Waals surface area contributed by atoms with Gasteiger partial charge in [-0.25, -0.2) is 4.39 Å². The molecule has 2 rings (SSSR count). The Morgan fingerprint density at radius 3 is 2.63 bits per heavy atom. The van der Waals surface area contributed by atoms with E-state index in [9.17, 15) is 9.18 Å². The maximum atomic E-state index is 13.1. The summed E-state index contributed by atoms with van der Waals surface area (Å²) in [4.78, 5) is 13.8. The van der Waals surface area contributed by atoms with Gasteiger partial charge in [-0.3, -0.25) is 4.79 Å². The van der Waals surface area contributed by atoms with Crippen molar-refractivity contribution in [3.8, 4) is 0 Å². The summed E-state index contributed by atoms with van der Waals surface area (Å²) in [7, 11) is 1.72. The van der Waals surface area contributed by atoms with Crippen LogP contribution in [-0.4, -0.2) is 17.9 Å². The number of nitrogens with zero attached hydrogens (tertiary/aromatic N) is 1. The second-order valence-electron chi connectivity index (χ2n) is 4.30. The first-order chi connectivity index (χ1) is 9.06. The zero-order valence-corrected chi connectivity index (χ0v) is 12.6. The van der Waals surface area contributed by atoms with Gasteiger partial charge in [0.2, 0.25) is 0 Å². The zero-order valence-electron chi connectivity index (χ0n) is 10.4. The van der Waals surface area contributed by atoms with E-state index in [1.165, 1.54) is 12.1 Å². The Morgan fingerprint density at radius 2 is 1.95 bits per heavy atom. The molecule has 0 spiro atoms. The molecule has 0 aliphatic rings. The molecular weight excluding hydrogens is 356 g/mol. The lowest BCUT2D eigenvalue weighted by Crippen LogP contribution is -2.26. The third-order valence-corrected chi connectivity index (χ3v) is 3.40. The smallest absolute Gasteiger partial charge is 0.253 e. The normalized spacial score (nSPS) is 10.3. The van der Waals surface area contributed by atoms with E-state index < -0.39 is 0 Å². The third-order valence-electron chi connectivity index (χ3n) is 2.73. The molecule has 0 N–H and O–H groups in total. The van der Waals surface area contributed by atoms with Crippen molar-refractivity contribution in [3.63, 3.8) is 0 Å². The first-order valence-electron chi connectivity index (χ1n) is 5.82. The van der Waals surface area contributed by atoms with Crippen LogP contribution in [0.25, 0.3) is 0 Å². The molecule has 2 aromatic carbocycles. The van der Waals surface area contributed by atoms with Crippen LogP contribution in [0.3, 0.4) is 0 Å². The molecule has 19 heavy (non-hydrogen) atoms. The van der Waals surface area contributed by atoms with Crippen molar-refractivity contribution in [1.82, 2.24) is 4.90 Å². The molecular formula is C15H13FINO. The Labute approximate surface area is 125 Å². The molecule has 4 heteroatoms. The number of hydrogen-bond acceptors (Lipinski definition) is 1. The average molecular weight is 369 g/mol. The molecule has 0 aliphatic carbocycles. The van der Waals surface area contributed by atoms with Gasteiger partial charge in [0, 0.05) is 22.7 Å². The first-order valence-corrected chi connectivity index (χ1v) is 6.89. The Balaban J connectivity index is 2.12. The lowest BCUT2D eigenvalue weighted by atomic mass is 10.1. The fourth-order valence-electron chi connectivity index (χ4n) is 1.82. The molecule has 0 bridgehead atoms. The summed E-state index contributed by atoms with van der Waals surface area (Å²) < 4.78 is 14.1. The van der Waals surface area contributed by atoms with Crippen molar-refractivity contribution < 1.29 is 9.18 Å². The first kappa shape index (κ1) is 14.0. The van der Waals surface area contributed by atoms with Crippen LogP contribution in [-0.2, 0) is 6.54 Å². The lowest BCUT2D eigenvalue weighted by molar-refractivity contribution is 0.0785. The number of hydrogen-bond donors (Lipinski definition) is 0. The minimum Gasteiger partial charge on any atom is -0.337 e. The predicted molar refractivity (Wildman–Crippen MR) is 81.4 cm³/mol.